The van der Waals surface area contributed by atoms with E-state index < -0.39 is 0 Å². The molecule has 0 atom stereocenters. The van der Waals surface area contributed by atoms with Crippen LogP contribution in [0.5, 0.6) is 5.75 Å². The van der Waals surface area contributed by atoms with E-state index in [0.29, 0.717) is 11.5 Å². The quantitative estimate of drug-likeness (QED) is 0.318. The van der Waals surface area contributed by atoms with Gasteiger partial charge in [-0.15, -0.1) is 0 Å². The molecule has 0 unspecified atom stereocenters. The topological polar surface area (TPSA) is 46.6 Å². The number of thioether (sulfide) groups is 1. The summed E-state index contributed by atoms with van der Waals surface area (Å²) in [6.45, 7) is 4.75. The summed E-state index contributed by atoms with van der Waals surface area (Å²) in [6.07, 6.45) is 1.76. The molecule has 7 heteroatoms. The van der Waals surface area contributed by atoms with Gasteiger partial charge in [-0.05, 0) is 94.6 Å². The van der Waals surface area contributed by atoms with E-state index in [0.717, 1.165) is 41.3 Å². The Hall–Kier alpha value is -1.07. The second-order valence-electron chi connectivity index (χ2n) is 5.99. The molecule has 1 aliphatic heterocycles. The van der Waals surface area contributed by atoms with Crippen molar-refractivity contribution < 1.29 is 14.3 Å². The third-order valence-electron chi connectivity index (χ3n) is 3.95. The molecule has 27 heavy (non-hydrogen) atoms. The maximum absolute atomic E-state index is 12.8. The minimum absolute atomic E-state index is 0.245. The van der Waals surface area contributed by atoms with E-state index >= 15 is 0 Å². The monoisotopic (exact) mass is 605 g/mol. The number of imide groups is 1. The second kappa shape index (κ2) is 8.95. The highest BCUT2D eigenvalue weighted by Gasteiger charge is 2.35. The van der Waals surface area contributed by atoms with Crippen molar-refractivity contribution in [3.8, 4) is 5.75 Å². The van der Waals surface area contributed by atoms with Crippen molar-refractivity contribution in [2.75, 3.05) is 6.61 Å². The molecular weight excluding hydrogens is 588 g/mol. The zero-order valence-corrected chi connectivity index (χ0v) is 19.9. The zero-order valence-electron chi connectivity index (χ0n) is 14.8. The predicted molar refractivity (Wildman–Crippen MR) is 126 cm³/mol. The Bertz CT molecular complexity index is 926. The average Bonchev–Trinajstić information content (AvgIpc) is 2.87. The Morgan fingerprint density at radius 2 is 1.85 bits per heavy atom. The van der Waals surface area contributed by atoms with Crippen molar-refractivity contribution in [2.24, 2.45) is 0 Å². The Kier molecular flexibility index (Phi) is 6.85. The lowest BCUT2D eigenvalue weighted by atomic mass is 10.1. The van der Waals surface area contributed by atoms with E-state index in [1.165, 1.54) is 4.90 Å². The van der Waals surface area contributed by atoms with Crippen molar-refractivity contribution in [1.29, 1.82) is 0 Å². The zero-order chi connectivity index (χ0) is 19.6. The first-order valence-corrected chi connectivity index (χ1v) is 11.3. The highest BCUT2D eigenvalue weighted by atomic mass is 127. The number of benzene rings is 2. The van der Waals surface area contributed by atoms with Crippen LogP contribution in [0.15, 0.2) is 41.3 Å². The lowest BCUT2D eigenvalue weighted by Crippen LogP contribution is -2.27. The van der Waals surface area contributed by atoms with Crippen LogP contribution in [0.25, 0.3) is 6.08 Å². The van der Waals surface area contributed by atoms with Gasteiger partial charge in [0.15, 0.2) is 0 Å². The molecule has 0 N–H and O–H groups in total. The van der Waals surface area contributed by atoms with Crippen molar-refractivity contribution in [3.63, 3.8) is 0 Å². The van der Waals surface area contributed by atoms with Gasteiger partial charge in [-0.3, -0.25) is 14.5 Å². The molecule has 1 fully saturated rings. The molecule has 0 bridgehead atoms. The van der Waals surface area contributed by atoms with Crippen LogP contribution in [-0.2, 0) is 11.3 Å². The maximum Gasteiger partial charge on any atom is 0.293 e. The highest BCUT2D eigenvalue weighted by Crippen LogP contribution is 2.36. The molecule has 0 aliphatic carbocycles. The van der Waals surface area contributed by atoms with Gasteiger partial charge in [0.05, 0.1) is 21.6 Å². The number of carbonyl (C=O) groups is 2. The van der Waals surface area contributed by atoms with E-state index in [-0.39, 0.29) is 17.7 Å². The number of aryl methyl sites for hydroxylation is 1. The fourth-order valence-electron chi connectivity index (χ4n) is 2.64. The van der Waals surface area contributed by atoms with Crippen LogP contribution >= 0.6 is 56.9 Å². The molecule has 140 valence electrons. The average molecular weight is 605 g/mol. The summed E-state index contributed by atoms with van der Waals surface area (Å²) in [5, 5.41) is -0.245. The Balaban J connectivity index is 1.89. The predicted octanol–water partition coefficient (Wildman–Crippen LogP) is 5.84. The first-order chi connectivity index (χ1) is 12.9. The number of halogens is 2. The van der Waals surface area contributed by atoms with Gasteiger partial charge < -0.3 is 4.74 Å². The van der Waals surface area contributed by atoms with Gasteiger partial charge in [-0.2, -0.15) is 0 Å². The van der Waals surface area contributed by atoms with Crippen molar-refractivity contribution in [1.82, 2.24) is 4.90 Å². The van der Waals surface area contributed by atoms with Gasteiger partial charge in [0.2, 0.25) is 0 Å². The molecular formula is C20H17I2NO3S. The number of carbonyl (C=O) groups excluding carboxylic acids is 2. The van der Waals surface area contributed by atoms with Gasteiger partial charge in [-0.25, -0.2) is 0 Å². The maximum atomic E-state index is 12.8. The van der Waals surface area contributed by atoms with Crippen LogP contribution in [0.2, 0.25) is 0 Å². The van der Waals surface area contributed by atoms with Crippen molar-refractivity contribution in [3.05, 3.63) is 65.1 Å². The van der Waals surface area contributed by atoms with Crippen molar-refractivity contribution in [2.45, 2.75) is 20.4 Å². The van der Waals surface area contributed by atoms with Gasteiger partial charge in [-0.1, -0.05) is 29.8 Å². The summed E-state index contributed by atoms with van der Waals surface area (Å²) in [5.74, 6) is 0.478. The summed E-state index contributed by atoms with van der Waals surface area (Å²) in [7, 11) is 0. The largest absolute Gasteiger partial charge is 0.492 e. The molecule has 2 aromatic rings. The van der Waals surface area contributed by atoms with Crippen LogP contribution in [0, 0.1) is 14.1 Å². The molecule has 0 aromatic heterocycles. The summed E-state index contributed by atoms with van der Waals surface area (Å²) < 4.78 is 7.78. The van der Waals surface area contributed by atoms with Gasteiger partial charge in [0, 0.05) is 9.13 Å². The molecule has 0 spiro atoms. The number of rotatable bonds is 5. The van der Waals surface area contributed by atoms with Crippen LogP contribution in [0.3, 0.4) is 0 Å². The smallest absolute Gasteiger partial charge is 0.293 e. The second-order valence-corrected chi connectivity index (χ2v) is 9.39. The molecule has 2 aromatic carbocycles. The number of nitrogens with zero attached hydrogens (tertiary/aromatic N) is 1. The number of hydrogen-bond donors (Lipinski definition) is 0. The van der Waals surface area contributed by atoms with E-state index in [9.17, 15) is 9.59 Å². The van der Waals surface area contributed by atoms with Crippen LogP contribution in [0.1, 0.15) is 23.6 Å². The molecule has 1 aliphatic rings. The fraction of sp³-hybridized carbons (Fsp3) is 0.200. The Morgan fingerprint density at radius 3 is 2.52 bits per heavy atom. The number of hydrogen-bond acceptors (Lipinski definition) is 4. The van der Waals surface area contributed by atoms with Gasteiger partial charge >= 0.3 is 0 Å². The van der Waals surface area contributed by atoms with E-state index in [4.69, 9.17) is 4.74 Å². The highest BCUT2D eigenvalue weighted by molar-refractivity contribution is 14.1. The Labute approximate surface area is 190 Å². The minimum atomic E-state index is -0.262. The Morgan fingerprint density at radius 1 is 1.15 bits per heavy atom. The summed E-state index contributed by atoms with van der Waals surface area (Å²) >= 11 is 5.44. The number of ether oxygens (including phenoxy) is 1. The minimum Gasteiger partial charge on any atom is -0.492 e. The third kappa shape index (κ3) is 4.86. The molecule has 3 rings (SSSR count). The summed E-state index contributed by atoms with van der Waals surface area (Å²) in [5.41, 5.74) is 2.89. The standard InChI is InChI=1S/C20H17I2NO3S/c1-3-26-18-14(8-15(21)10-16(18)22)9-17-19(24)23(20(25)27-17)11-13-6-4-12(2)5-7-13/h4-10H,3,11H2,1-2H3/b17-9+. The first kappa shape index (κ1) is 20.7. The van der Waals surface area contributed by atoms with Gasteiger partial charge in [0.1, 0.15) is 5.75 Å². The molecule has 0 radical (unpaired) electrons. The van der Waals surface area contributed by atoms with Crippen LogP contribution < -0.4 is 4.74 Å². The van der Waals surface area contributed by atoms with Gasteiger partial charge in [0.25, 0.3) is 11.1 Å². The SMILES string of the molecule is CCOc1c(I)cc(I)cc1/C=C1/SC(=O)N(Cc2ccc(C)cc2)C1=O. The van der Waals surface area contributed by atoms with E-state index in [2.05, 4.69) is 45.2 Å². The lowest BCUT2D eigenvalue weighted by molar-refractivity contribution is -0.123. The molecule has 1 heterocycles. The third-order valence-corrected chi connectivity index (χ3v) is 6.28. The molecule has 2 amide bonds. The molecule has 1 saturated heterocycles. The summed E-state index contributed by atoms with van der Waals surface area (Å²) in [4.78, 5) is 26.9. The molecule has 4 nitrogen and oxygen atoms in total. The van der Waals surface area contributed by atoms with Crippen LogP contribution in [-0.4, -0.2) is 22.7 Å². The molecule has 0 saturated carbocycles. The fourth-order valence-corrected chi connectivity index (χ4v) is 5.51. The van der Waals surface area contributed by atoms with E-state index in [1.54, 1.807) is 6.08 Å². The van der Waals surface area contributed by atoms with Crippen molar-refractivity contribution >= 4 is 74.2 Å². The first-order valence-electron chi connectivity index (χ1n) is 8.31. The van der Waals surface area contributed by atoms with E-state index in [1.807, 2.05) is 50.2 Å². The normalized spacial score (nSPS) is 15.7. The number of amides is 2. The van der Waals surface area contributed by atoms with Crippen LogP contribution in [0.4, 0.5) is 4.79 Å². The lowest BCUT2D eigenvalue weighted by Gasteiger charge is -2.13. The summed E-state index contributed by atoms with van der Waals surface area (Å²) in [6, 6.07) is 11.8.